The summed E-state index contributed by atoms with van der Waals surface area (Å²) >= 11 is 0. The molecule has 0 saturated heterocycles. The van der Waals surface area contributed by atoms with Crippen LogP contribution in [0.1, 0.15) is 30.0 Å². The van der Waals surface area contributed by atoms with E-state index in [-0.39, 0.29) is 12.5 Å². The Bertz CT molecular complexity index is 699. The third-order valence-electron chi connectivity index (χ3n) is 3.59. The first-order valence-corrected chi connectivity index (χ1v) is 7.16. The van der Waals surface area contributed by atoms with Gasteiger partial charge in [0.15, 0.2) is 0 Å². The van der Waals surface area contributed by atoms with E-state index < -0.39 is 5.97 Å². The van der Waals surface area contributed by atoms with Gasteiger partial charge in [0, 0.05) is 17.5 Å². The zero-order chi connectivity index (χ0) is 15.5. The van der Waals surface area contributed by atoms with E-state index in [0.29, 0.717) is 18.8 Å². The molecule has 22 heavy (non-hydrogen) atoms. The van der Waals surface area contributed by atoms with Crippen molar-refractivity contribution >= 4 is 5.97 Å². The van der Waals surface area contributed by atoms with Gasteiger partial charge in [-0.2, -0.15) is 0 Å². The van der Waals surface area contributed by atoms with E-state index in [2.05, 4.69) is 0 Å². The topological polar surface area (TPSA) is 81.8 Å². The van der Waals surface area contributed by atoms with Gasteiger partial charge in [-0.1, -0.05) is 18.2 Å². The zero-order valence-electron chi connectivity index (χ0n) is 12.0. The number of hydrogen-bond donors (Lipinski definition) is 2. The third kappa shape index (κ3) is 2.89. The Labute approximate surface area is 128 Å². The summed E-state index contributed by atoms with van der Waals surface area (Å²) in [6.07, 6.45) is 0.568. The molecule has 3 N–H and O–H groups in total. The van der Waals surface area contributed by atoms with Crippen LogP contribution in [0.4, 0.5) is 0 Å². The van der Waals surface area contributed by atoms with Crippen molar-refractivity contribution in [3.8, 4) is 17.2 Å². The Morgan fingerprint density at radius 1 is 1.18 bits per heavy atom. The minimum absolute atomic E-state index is 0.0982. The number of benzene rings is 2. The van der Waals surface area contributed by atoms with E-state index in [1.807, 2.05) is 36.4 Å². The Hall–Kier alpha value is -2.53. The van der Waals surface area contributed by atoms with E-state index in [4.69, 9.17) is 20.3 Å². The molecule has 1 unspecified atom stereocenters. The van der Waals surface area contributed by atoms with Crippen molar-refractivity contribution in [1.82, 2.24) is 0 Å². The van der Waals surface area contributed by atoms with E-state index in [9.17, 15) is 4.79 Å². The summed E-state index contributed by atoms with van der Waals surface area (Å²) in [6.45, 7) is 0.359. The number of carboxylic acid groups (broad SMARTS) is 1. The molecule has 5 heteroatoms. The average Bonchev–Trinajstić information content (AvgIpc) is 2.52. The third-order valence-corrected chi connectivity index (χ3v) is 3.59. The molecule has 1 aliphatic rings. The van der Waals surface area contributed by atoms with Crippen molar-refractivity contribution in [3.63, 3.8) is 0 Å². The minimum atomic E-state index is -0.818. The lowest BCUT2D eigenvalue weighted by atomic mass is 9.95. The summed E-state index contributed by atoms with van der Waals surface area (Å²) in [5.41, 5.74) is 8.12. The quantitative estimate of drug-likeness (QED) is 0.829. The maximum atomic E-state index is 10.5. The molecule has 0 spiro atoms. The van der Waals surface area contributed by atoms with E-state index >= 15 is 0 Å². The maximum absolute atomic E-state index is 10.5. The highest BCUT2D eigenvalue weighted by Gasteiger charge is 2.24. The maximum Gasteiger partial charge on any atom is 0.303 e. The number of hydrogen-bond acceptors (Lipinski definition) is 4. The molecule has 3 rings (SSSR count). The van der Waals surface area contributed by atoms with Crippen molar-refractivity contribution in [3.05, 3.63) is 53.6 Å². The summed E-state index contributed by atoms with van der Waals surface area (Å²) in [6, 6.07) is 12.9. The van der Waals surface area contributed by atoms with Crippen molar-refractivity contribution in [2.24, 2.45) is 5.73 Å². The van der Waals surface area contributed by atoms with Gasteiger partial charge in [0.2, 0.25) is 0 Å². The van der Waals surface area contributed by atoms with Crippen LogP contribution in [0.25, 0.3) is 0 Å². The van der Waals surface area contributed by atoms with Crippen LogP contribution in [0, 0.1) is 0 Å². The van der Waals surface area contributed by atoms with Gasteiger partial charge < -0.3 is 20.3 Å². The smallest absolute Gasteiger partial charge is 0.303 e. The van der Waals surface area contributed by atoms with Crippen LogP contribution in [-0.4, -0.2) is 17.7 Å². The van der Waals surface area contributed by atoms with Crippen molar-refractivity contribution < 1.29 is 19.4 Å². The molecule has 114 valence electrons. The molecular formula is C17H17NO4. The normalized spacial score (nSPS) is 15.4. The number of ether oxygens (including phenoxy) is 2. The van der Waals surface area contributed by atoms with Gasteiger partial charge in [-0.25, -0.2) is 0 Å². The van der Waals surface area contributed by atoms with Gasteiger partial charge in [-0.3, -0.25) is 4.79 Å². The highest BCUT2D eigenvalue weighted by molar-refractivity contribution is 5.66. The SMILES string of the molecule is NC1c2ccccc2Oc2ccc(OCCCC(=O)O)cc21. The Morgan fingerprint density at radius 3 is 2.77 bits per heavy atom. The molecule has 1 heterocycles. The number of aliphatic carboxylic acids is 1. The van der Waals surface area contributed by atoms with Crippen LogP contribution < -0.4 is 15.2 Å². The van der Waals surface area contributed by atoms with Crippen LogP contribution in [0.15, 0.2) is 42.5 Å². The summed E-state index contributed by atoms with van der Waals surface area (Å²) in [4.78, 5) is 10.5. The molecule has 0 saturated carbocycles. The Morgan fingerprint density at radius 2 is 1.95 bits per heavy atom. The molecule has 5 nitrogen and oxygen atoms in total. The molecule has 0 aliphatic carbocycles. The molecule has 0 fully saturated rings. The average molecular weight is 299 g/mol. The van der Waals surface area contributed by atoms with Crippen molar-refractivity contribution in [1.29, 1.82) is 0 Å². The second-order valence-corrected chi connectivity index (χ2v) is 5.16. The molecule has 2 aromatic carbocycles. The molecule has 0 amide bonds. The number of para-hydroxylation sites is 1. The first-order chi connectivity index (χ1) is 10.6. The summed E-state index contributed by atoms with van der Waals surface area (Å²) in [5.74, 6) is 1.35. The summed E-state index contributed by atoms with van der Waals surface area (Å²) in [5, 5.41) is 8.61. The van der Waals surface area contributed by atoms with E-state index in [0.717, 1.165) is 22.6 Å². The van der Waals surface area contributed by atoms with Crippen LogP contribution in [0.3, 0.4) is 0 Å². The summed E-state index contributed by atoms with van der Waals surface area (Å²) < 4.78 is 11.4. The van der Waals surface area contributed by atoms with Crippen LogP contribution >= 0.6 is 0 Å². The van der Waals surface area contributed by atoms with Crippen LogP contribution in [-0.2, 0) is 4.79 Å². The first kappa shape index (κ1) is 14.4. The number of nitrogens with two attached hydrogens (primary N) is 1. The Balaban J connectivity index is 1.75. The zero-order valence-corrected chi connectivity index (χ0v) is 12.0. The second-order valence-electron chi connectivity index (χ2n) is 5.16. The van der Waals surface area contributed by atoms with Gasteiger partial charge in [0.1, 0.15) is 17.2 Å². The van der Waals surface area contributed by atoms with Gasteiger partial charge in [0.25, 0.3) is 0 Å². The minimum Gasteiger partial charge on any atom is -0.494 e. The van der Waals surface area contributed by atoms with E-state index in [1.165, 1.54) is 0 Å². The fourth-order valence-electron chi connectivity index (χ4n) is 2.48. The largest absolute Gasteiger partial charge is 0.494 e. The fraction of sp³-hybridized carbons (Fsp3) is 0.235. The van der Waals surface area contributed by atoms with Gasteiger partial charge in [-0.05, 0) is 30.7 Å². The molecule has 0 bridgehead atoms. The molecule has 1 atom stereocenters. The molecule has 2 aromatic rings. The number of carbonyl (C=O) groups is 1. The highest BCUT2D eigenvalue weighted by atomic mass is 16.5. The molecule has 0 radical (unpaired) electrons. The Kier molecular flexibility index (Phi) is 3.98. The summed E-state index contributed by atoms with van der Waals surface area (Å²) in [7, 11) is 0. The van der Waals surface area contributed by atoms with Gasteiger partial charge in [0.05, 0.1) is 12.6 Å². The fourth-order valence-corrected chi connectivity index (χ4v) is 2.48. The van der Waals surface area contributed by atoms with Crippen molar-refractivity contribution in [2.75, 3.05) is 6.61 Å². The van der Waals surface area contributed by atoms with Gasteiger partial charge in [-0.15, -0.1) is 0 Å². The lowest BCUT2D eigenvalue weighted by Crippen LogP contribution is -2.17. The number of rotatable bonds is 5. The van der Waals surface area contributed by atoms with Crippen LogP contribution in [0.5, 0.6) is 17.2 Å². The number of fused-ring (bicyclic) bond motifs is 2. The molecular weight excluding hydrogens is 282 g/mol. The predicted molar refractivity (Wildman–Crippen MR) is 81.4 cm³/mol. The first-order valence-electron chi connectivity index (χ1n) is 7.16. The molecule has 1 aliphatic heterocycles. The van der Waals surface area contributed by atoms with E-state index in [1.54, 1.807) is 6.07 Å². The lowest BCUT2D eigenvalue weighted by Gasteiger charge is -2.25. The predicted octanol–water partition coefficient (Wildman–Crippen LogP) is 3.08. The standard InChI is InChI=1S/C17H17NO4/c18-17-12-4-1-2-5-14(12)22-15-8-7-11(10-13(15)17)21-9-3-6-16(19)20/h1-2,4-5,7-8,10,17H,3,6,9,18H2,(H,19,20). The van der Waals surface area contributed by atoms with Crippen molar-refractivity contribution in [2.45, 2.75) is 18.9 Å². The highest BCUT2D eigenvalue weighted by Crippen LogP contribution is 2.42. The van der Waals surface area contributed by atoms with Crippen LogP contribution in [0.2, 0.25) is 0 Å². The lowest BCUT2D eigenvalue weighted by molar-refractivity contribution is -0.137. The molecule has 0 aromatic heterocycles. The number of carboxylic acids is 1. The monoisotopic (exact) mass is 299 g/mol. The van der Waals surface area contributed by atoms with Gasteiger partial charge >= 0.3 is 5.97 Å². The second kappa shape index (κ2) is 6.07.